The number of halogens is 2. The Hall–Kier alpha value is -3.42. The zero-order chi connectivity index (χ0) is 21.1. The minimum absolute atomic E-state index is 0.156. The average Bonchev–Trinajstić information content (AvgIpc) is 3.24. The van der Waals surface area contributed by atoms with Crippen LogP contribution in [0, 0.1) is 11.6 Å². The Bertz CT molecular complexity index is 1040. The van der Waals surface area contributed by atoms with Crippen molar-refractivity contribution in [2.24, 2.45) is 0 Å². The summed E-state index contributed by atoms with van der Waals surface area (Å²) in [7, 11) is 1.62. The SMILES string of the molecule is COc1ccc(-c2cc(N3CCCC(NC(=O)c4ccc(F)cc4F)C3)n[nH]2)cc1. The fourth-order valence-electron chi connectivity index (χ4n) is 3.63. The first-order valence-electron chi connectivity index (χ1n) is 9.74. The van der Waals surface area contributed by atoms with E-state index in [0.717, 1.165) is 54.3 Å². The summed E-state index contributed by atoms with van der Waals surface area (Å²) in [6.45, 7) is 1.37. The van der Waals surface area contributed by atoms with E-state index in [1.165, 1.54) is 0 Å². The van der Waals surface area contributed by atoms with Crippen molar-refractivity contribution in [3.8, 4) is 17.0 Å². The van der Waals surface area contributed by atoms with Gasteiger partial charge in [0.1, 0.15) is 17.4 Å². The molecule has 156 valence electrons. The zero-order valence-corrected chi connectivity index (χ0v) is 16.5. The number of methoxy groups -OCH3 is 1. The number of rotatable bonds is 5. The summed E-state index contributed by atoms with van der Waals surface area (Å²) in [5.74, 6) is -0.547. The first-order valence-corrected chi connectivity index (χ1v) is 9.74. The molecule has 1 unspecified atom stereocenters. The third-order valence-corrected chi connectivity index (χ3v) is 5.22. The van der Waals surface area contributed by atoms with Gasteiger partial charge in [-0.25, -0.2) is 8.78 Å². The summed E-state index contributed by atoms with van der Waals surface area (Å²) >= 11 is 0. The minimum atomic E-state index is -0.864. The largest absolute Gasteiger partial charge is 0.497 e. The molecule has 3 aromatic rings. The van der Waals surface area contributed by atoms with Gasteiger partial charge in [-0.05, 0) is 54.8 Å². The van der Waals surface area contributed by atoms with Crippen LogP contribution in [-0.4, -0.2) is 42.3 Å². The molecule has 0 aliphatic carbocycles. The summed E-state index contributed by atoms with van der Waals surface area (Å²) < 4.78 is 32.1. The lowest BCUT2D eigenvalue weighted by molar-refractivity contribution is 0.0929. The zero-order valence-electron chi connectivity index (χ0n) is 16.5. The summed E-state index contributed by atoms with van der Waals surface area (Å²) in [5, 5.41) is 10.3. The van der Waals surface area contributed by atoms with E-state index in [4.69, 9.17) is 4.74 Å². The molecule has 30 heavy (non-hydrogen) atoms. The summed E-state index contributed by atoms with van der Waals surface area (Å²) in [6.07, 6.45) is 1.64. The molecule has 1 aliphatic rings. The predicted molar refractivity (Wildman–Crippen MR) is 110 cm³/mol. The number of H-pyrrole nitrogens is 1. The van der Waals surface area contributed by atoms with Gasteiger partial charge in [0, 0.05) is 31.3 Å². The first kappa shape index (κ1) is 19.9. The van der Waals surface area contributed by atoms with Crippen molar-refractivity contribution in [2.75, 3.05) is 25.1 Å². The highest BCUT2D eigenvalue weighted by Crippen LogP contribution is 2.26. The average molecular weight is 412 g/mol. The number of benzene rings is 2. The topological polar surface area (TPSA) is 70.2 Å². The molecule has 8 heteroatoms. The molecule has 4 rings (SSSR count). The Morgan fingerprint density at radius 2 is 2.00 bits per heavy atom. The number of amides is 1. The fourth-order valence-corrected chi connectivity index (χ4v) is 3.63. The quantitative estimate of drug-likeness (QED) is 0.670. The van der Waals surface area contributed by atoms with Gasteiger partial charge in [0.05, 0.1) is 18.4 Å². The van der Waals surface area contributed by atoms with E-state index in [1.807, 2.05) is 30.3 Å². The van der Waals surface area contributed by atoms with E-state index in [0.29, 0.717) is 12.6 Å². The Labute approximate surface area is 172 Å². The third kappa shape index (κ3) is 4.27. The number of piperidine rings is 1. The van der Waals surface area contributed by atoms with Crippen molar-refractivity contribution in [1.82, 2.24) is 15.5 Å². The summed E-state index contributed by atoms with van der Waals surface area (Å²) in [6, 6.07) is 12.4. The van der Waals surface area contributed by atoms with E-state index in [2.05, 4.69) is 20.4 Å². The minimum Gasteiger partial charge on any atom is -0.497 e. The Morgan fingerprint density at radius 3 is 2.73 bits per heavy atom. The maximum Gasteiger partial charge on any atom is 0.254 e. The van der Waals surface area contributed by atoms with Gasteiger partial charge < -0.3 is 15.0 Å². The summed E-state index contributed by atoms with van der Waals surface area (Å²) in [4.78, 5) is 14.5. The highest BCUT2D eigenvalue weighted by Gasteiger charge is 2.24. The van der Waals surface area contributed by atoms with Crippen molar-refractivity contribution in [3.63, 3.8) is 0 Å². The molecule has 1 atom stereocenters. The molecule has 2 heterocycles. The molecule has 1 fully saturated rings. The van der Waals surface area contributed by atoms with Crippen molar-refractivity contribution in [3.05, 3.63) is 65.7 Å². The number of anilines is 1. The van der Waals surface area contributed by atoms with E-state index in [1.54, 1.807) is 7.11 Å². The number of carbonyl (C=O) groups excluding carboxylic acids is 1. The van der Waals surface area contributed by atoms with Crippen LogP contribution in [0.2, 0.25) is 0 Å². The van der Waals surface area contributed by atoms with Crippen molar-refractivity contribution < 1.29 is 18.3 Å². The molecule has 6 nitrogen and oxygen atoms in total. The van der Waals surface area contributed by atoms with Crippen LogP contribution in [0.4, 0.5) is 14.6 Å². The number of nitrogens with zero attached hydrogens (tertiary/aromatic N) is 2. The number of hydrogen-bond acceptors (Lipinski definition) is 4. The van der Waals surface area contributed by atoms with Gasteiger partial charge in [0.2, 0.25) is 0 Å². The fraction of sp³-hybridized carbons (Fsp3) is 0.273. The Kier molecular flexibility index (Phi) is 5.65. The molecule has 1 aromatic heterocycles. The molecule has 0 bridgehead atoms. The molecule has 2 aromatic carbocycles. The van der Waals surface area contributed by atoms with Crippen molar-refractivity contribution in [2.45, 2.75) is 18.9 Å². The van der Waals surface area contributed by atoms with Gasteiger partial charge in [-0.2, -0.15) is 5.10 Å². The predicted octanol–water partition coefficient (Wildman–Crippen LogP) is 3.76. The van der Waals surface area contributed by atoms with Gasteiger partial charge in [-0.1, -0.05) is 0 Å². The lowest BCUT2D eigenvalue weighted by Gasteiger charge is -2.33. The second-order valence-corrected chi connectivity index (χ2v) is 7.25. The molecule has 1 amide bonds. The maximum absolute atomic E-state index is 13.9. The number of ether oxygens (including phenoxy) is 1. The summed E-state index contributed by atoms with van der Waals surface area (Å²) in [5.41, 5.74) is 1.71. The molecule has 1 saturated heterocycles. The van der Waals surface area contributed by atoms with Crippen molar-refractivity contribution in [1.29, 1.82) is 0 Å². The Balaban J connectivity index is 1.42. The van der Waals surface area contributed by atoms with Gasteiger partial charge in [-0.3, -0.25) is 9.89 Å². The highest BCUT2D eigenvalue weighted by molar-refractivity contribution is 5.94. The lowest BCUT2D eigenvalue weighted by atomic mass is 10.0. The maximum atomic E-state index is 13.9. The number of aromatic nitrogens is 2. The van der Waals surface area contributed by atoms with Gasteiger partial charge in [0.25, 0.3) is 5.91 Å². The number of nitrogens with one attached hydrogen (secondary N) is 2. The standard InChI is InChI=1S/C22H22F2N4O2/c1-30-17-7-4-14(5-8-17)20-12-21(27-26-20)28-10-2-3-16(13-28)25-22(29)18-9-6-15(23)11-19(18)24/h4-9,11-12,16H,2-3,10,13H2,1H3,(H,25,29)(H,26,27). The molecule has 1 aliphatic heterocycles. The second-order valence-electron chi connectivity index (χ2n) is 7.25. The first-order chi connectivity index (χ1) is 14.5. The molecule has 0 spiro atoms. The molecule has 2 N–H and O–H groups in total. The van der Waals surface area contributed by atoms with Gasteiger partial charge in [-0.15, -0.1) is 0 Å². The van der Waals surface area contributed by atoms with Crippen LogP contribution >= 0.6 is 0 Å². The molecule has 0 radical (unpaired) electrons. The normalized spacial score (nSPS) is 16.4. The number of hydrogen-bond donors (Lipinski definition) is 2. The van der Waals surface area contributed by atoms with E-state index in [9.17, 15) is 13.6 Å². The van der Waals surface area contributed by atoms with Crippen LogP contribution in [0.15, 0.2) is 48.5 Å². The van der Waals surface area contributed by atoms with Gasteiger partial charge >= 0.3 is 0 Å². The lowest BCUT2D eigenvalue weighted by Crippen LogP contribution is -2.48. The van der Waals surface area contributed by atoms with E-state index >= 15 is 0 Å². The third-order valence-electron chi connectivity index (χ3n) is 5.22. The Morgan fingerprint density at radius 1 is 1.20 bits per heavy atom. The van der Waals surface area contributed by atoms with Crippen molar-refractivity contribution >= 4 is 11.7 Å². The van der Waals surface area contributed by atoms with Gasteiger partial charge in [0.15, 0.2) is 5.82 Å². The molecule has 0 saturated carbocycles. The van der Waals surface area contributed by atoms with Crippen LogP contribution in [0.5, 0.6) is 5.75 Å². The van der Waals surface area contributed by atoms with Crippen LogP contribution in [0.3, 0.4) is 0 Å². The van der Waals surface area contributed by atoms with Crippen LogP contribution in [0.1, 0.15) is 23.2 Å². The smallest absolute Gasteiger partial charge is 0.254 e. The molecular formula is C22H22F2N4O2. The monoisotopic (exact) mass is 412 g/mol. The number of carbonyl (C=O) groups is 1. The second kappa shape index (κ2) is 8.52. The van der Waals surface area contributed by atoms with Crippen LogP contribution < -0.4 is 15.0 Å². The van der Waals surface area contributed by atoms with E-state index in [-0.39, 0.29) is 11.6 Å². The van der Waals surface area contributed by atoms with E-state index < -0.39 is 17.5 Å². The highest BCUT2D eigenvalue weighted by atomic mass is 19.1. The molecular weight excluding hydrogens is 390 g/mol. The number of aromatic amines is 1. The van der Waals surface area contributed by atoms with Crippen LogP contribution in [-0.2, 0) is 0 Å². The van der Waals surface area contributed by atoms with Crippen LogP contribution in [0.25, 0.3) is 11.3 Å².